The Morgan fingerprint density at radius 3 is 2.63 bits per heavy atom. The monoisotopic (exact) mass is 269 g/mol. The molecule has 0 aliphatic carbocycles. The maximum Gasteiger partial charge on any atom is 0.211 e. The smallest absolute Gasteiger partial charge is 0.211 e. The SMILES string of the molecule is CC[C@H](CO)[C@@H](C[N+](=O)[O-])c1cccc(OC)c1O. The molecule has 0 radical (unpaired) electrons. The molecule has 19 heavy (non-hydrogen) atoms. The minimum absolute atomic E-state index is 0.0937. The van der Waals surface area contributed by atoms with Crippen LogP contribution >= 0.6 is 0 Å². The van der Waals surface area contributed by atoms with Gasteiger partial charge in [-0.05, 0) is 12.0 Å². The van der Waals surface area contributed by atoms with Gasteiger partial charge in [0.15, 0.2) is 11.5 Å². The van der Waals surface area contributed by atoms with Crippen molar-refractivity contribution in [3.8, 4) is 11.5 Å². The quantitative estimate of drug-likeness (QED) is 0.581. The topological polar surface area (TPSA) is 92.8 Å². The summed E-state index contributed by atoms with van der Waals surface area (Å²) < 4.78 is 5.01. The molecule has 6 nitrogen and oxygen atoms in total. The van der Waals surface area contributed by atoms with E-state index in [0.717, 1.165) is 0 Å². The van der Waals surface area contributed by atoms with Gasteiger partial charge in [-0.1, -0.05) is 25.5 Å². The highest BCUT2D eigenvalue weighted by molar-refractivity contribution is 5.47. The molecule has 0 aliphatic heterocycles. The second-order valence-electron chi connectivity index (χ2n) is 4.37. The zero-order valence-electron chi connectivity index (χ0n) is 11.1. The van der Waals surface area contributed by atoms with Crippen molar-refractivity contribution >= 4 is 0 Å². The molecule has 0 saturated heterocycles. The van der Waals surface area contributed by atoms with Crippen molar-refractivity contribution in [3.05, 3.63) is 33.9 Å². The number of aliphatic hydroxyl groups is 1. The highest BCUT2D eigenvalue weighted by atomic mass is 16.6. The van der Waals surface area contributed by atoms with Crippen molar-refractivity contribution < 1.29 is 19.9 Å². The molecule has 0 saturated carbocycles. The van der Waals surface area contributed by atoms with Gasteiger partial charge in [0.05, 0.1) is 13.0 Å². The number of aromatic hydroxyl groups is 1. The van der Waals surface area contributed by atoms with Gasteiger partial charge in [-0.15, -0.1) is 0 Å². The molecule has 6 heteroatoms. The molecule has 0 aromatic heterocycles. The Labute approximate surface area is 111 Å². The van der Waals surface area contributed by atoms with Crippen LogP contribution in [0.5, 0.6) is 11.5 Å². The lowest BCUT2D eigenvalue weighted by Crippen LogP contribution is -2.23. The molecule has 0 bridgehead atoms. The first-order valence-electron chi connectivity index (χ1n) is 6.13. The summed E-state index contributed by atoms with van der Waals surface area (Å²) >= 11 is 0. The van der Waals surface area contributed by atoms with E-state index in [1.165, 1.54) is 7.11 Å². The van der Waals surface area contributed by atoms with Crippen LogP contribution in [0.4, 0.5) is 0 Å². The van der Waals surface area contributed by atoms with Crippen LogP contribution in [0.1, 0.15) is 24.8 Å². The van der Waals surface area contributed by atoms with Crippen molar-refractivity contribution in [2.45, 2.75) is 19.3 Å². The van der Waals surface area contributed by atoms with Gasteiger partial charge in [0.2, 0.25) is 6.54 Å². The number of para-hydroxylation sites is 1. The van der Waals surface area contributed by atoms with E-state index in [-0.39, 0.29) is 30.6 Å². The third-order valence-electron chi connectivity index (χ3n) is 3.32. The minimum Gasteiger partial charge on any atom is -0.504 e. The fourth-order valence-electron chi connectivity index (χ4n) is 2.21. The van der Waals surface area contributed by atoms with Gasteiger partial charge < -0.3 is 14.9 Å². The van der Waals surface area contributed by atoms with Crippen molar-refractivity contribution in [1.82, 2.24) is 0 Å². The summed E-state index contributed by atoms with van der Waals surface area (Å²) in [6.45, 7) is 1.36. The summed E-state index contributed by atoms with van der Waals surface area (Å²) in [6.07, 6.45) is 0.589. The summed E-state index contributed by atoms with van der Waals surface area (Å²) in [5.41, 5.74) is 0.442. The number of rotatable bonds is 7. The largest absolute Gasteiger partial charge is 0.504 e. The lowest BCUT2D eigenvalue weighted by Gasteiger charge is -2.23. The highest BCUT2D eigenvalue weighted by Crippen LogP contribution is 2.38. The van der Waals surface area contributed by atoms with Crippen molar-refractivity contribution in [3.63, 3.8) is 0 Å². The number of hydrogen-bond acceptors (Lipinski definition) is 5. The fraction of sp³-hybridized carbons (Fsp3) is 0.538. The van der Waals surface area contributed by atoms with Gasteiger partial charge in [0.25, 0.3) is 0 Å². The van der Waals surface area contributed by atoms with E-state index >= 15 is 0 Å². The van der Waals surface area contributed by atoms with E-state index in [2.05, 4.69) is 0 Å². The Bertz CT molecular complexity index is 431. The van der Waals surface area contributed by atoms with E-state index in [1.807, 2.05) is 6.92 Å². The van der Waals surface area contributed by atoms with Gasteiger partial charge in [-0.3, -0.25) is 10.1 Å². The van der Waals surface area contributed by atoms with Crippen LogP contribution in [0.3, 0.4) is 0 Å². The molecular weight excluding hydrogens is 250 g/mol. The highest BCUT2D eigenvalue weighted by Gasteiger charge is 2.29. The number of phenolic OH excluding ortho intramolecular Hbond substituents is 1. The first-order valence-corrected chi connectivity index (χ1v) is 6.13. The Morgan fingerprint density at radius 1 is 1.47 bits per heavy atom. The average Bonchev–Trinajstić information content (AvgIpc) is 2.39. The van der Waals surface area contributed by atoms with Gasteiger partial charge in [-0.25, -0.2) is 0 Å². The molecule has 0 spiro atoms. The van der Waals surface area contributed by atoms with Gasteiger partial charge in [0, 0.05) is 17.1 Å². The number of phenols is 1. The molecule has 0 fully saturated rings. The molecule has 106 valence electrons. The van der Waals surface area contributed by atoms with E-state index < -0.39 is 10.8 Å². The Hall–Kier alpha value is -1.82. The van der Waals surface area contributed by atoms with Crippen molar-refractivity contribution in [2.24, 2.45) is 5.92 Å². The standard InChI is InChI=1S/C13H19NO5/c1-3-9(8-15)11(7-14(17)18)10-5-4-6-12(19-2)13(10)16/h4-6,9,11,15-16H,3,7-8H2,1-2H3/t9-,11-/m1/s1. The second-order valence-corrected chi connectivity index (χ2v) is 4.37. The Balaban J connectivity index is 3.20. The molecule has 2 atom stereocenters. The van der Waals surface area contributed by atoms with Crippen LogP contribution in [-0.4, -0.2) is 35.4 Å². The molecule has 1 aromatic carbocycles. The third-order valence-corrected chi connectivity index (χ3v) is 3.32. The van der Waals surface area contributed by atoms with Crippen molar-refractivity contribution in [1.29, 1.82) is 0 Å². The zero-order valence-corrected chi connectivity index (χ0v) is 11.1. The van der Waals surface area contributed by atoms with Crippen LogP contribution in [0, 0.1) is 16.0 Å². The number of ether oxygens (including phenoxy) is 1. The predicted molar refractivity (Wildman–Crippen MR) is 70.1 cm³/mol. The molecule has 2 N–H and O–H groups in total. The molecular formula is C13H19NO5. The lowest BCUT2D eigenvalue weighted by molar-refractivity contribution is -0.485. The number of nitrogens with zero attached hydrogens (tertiary/aromatic N) is 1. The lowest BCUT2D eigenvalue weighted by atomic mass is 9.84. The van der Waals surface area contributed by atoms with Crippen LogP contribution in [0.15, 0.2) is 18.2 Å². The summed E-state index contributed by atoms with van der Waals surface area (Å²) in [7, 11) is 1.42. The van der Waals surface area contributed by atoms with Gasteiger partial charge in [-0.2, -0.15) is 0 Å². The van der Waals surface area contributed by atoms with Gasteiger partial charge in [0.1, 0.15) is 0 Å². The third kappa shape index (κ3) is 3.57. The van der Waals surface area contributed by atoms with Crippen LogP contribution in [0.2, 0.25) is 0 Å². The molecule has 0 heterocycles. The number of nitro groups is 1. The van der Waals surface area contributed by atoms with Crippen LogP contribution in [0.25, 0.3) is 0 Å². The first kappa shape index (κ1) is 15.2. The summed E-state index contributed by atoms with van der Waals surface area (Å²) in [5.74, 6) is -0.633. The number of methoxy groups -OCH3 is 1. The predicted octanol–water partition coefficient (Wildman–Crippen LogP) is 1.78. The number of aliphatic hydroxyl groups excluding tert-OH is 1. The van der Waals surface area contributed by atoms with E-state index in [0.29, 0.717) is 12.0 Å². The first-order chi connectivity index (χ1) is 9.04. The summed E-state index contributed by atoms with van der Waals surface area (Å²) in [5, 5.41) is 30.2. The molecule has 0 aliphatic rings. The molecule has 0 amide bonds. The normalized spacial score (nSPS) is 13.8. The number of benzene rings is 1. The molecule has 1 aromatic rings. The summed E-state index contributed by atoms with van der Waals surface area (Å²) in [6, 6.07) is 4.89. The Kier molecular flexibility index (Phi) is 5.57. The molecule has 1 rings (SSSR count). The van der Waals surface area contributed by atoms with Crippen LogP contribution in [-0.2, 0) is 0 Å². The number of hydrogen-bond donors (Lipinski definition) is 2. The minimum atomic E-state index is -0.542. The molecule has 0 unspecified atom stereocenters. The fourth-order valence-corrected chi connectivity index (χ4v) is 2.21. The zero-order chi connectivity index (χ0) is 14.4. The van der Waals surface area contributed by atoms with E-state index in [4.69, 9.17) is 4.74 Å². The van der Waals surface area contributed by atoms with E-state index in [9.17, 15) is 20.3 Å². The maximum atomic E-state index is 10.8. The second kappa shape index (κ2) is 6.94. The Morgan fingerprint density at radius 2 is 2.16 bits per heavy atom. The van der Waals surface area contributed by atoms with E-state index in [1.54, 1.807) is 18.2 Å². The average molecular weight is 269 g/mol. The van der Waals surface area contributed by atoms with Gasteiger partial charge >= 0.3 is 0 Å². The van der Waals surface area contributed by atoms with Crippen LogP contribution < -0.4 is 4.74 Å². The van der Waals surface area contributed by atoms with Crippen molar-refractivity contribution in [2.75, 3.05) is 20.3 Å². The summed E-state index contributed by atoms with van der Waals surface area (Å²) in [4.78, 5) is 10.4. The maximum absolute atomic E-state index is 10.8.